The van der Waals surface area contributed by atoms with Gasteiger partial charge < -0.3 is 18.7 Å². The smallest absolute Gasteiger partial charge is 0.143 e. The van der Waals surface area contributed by atoms with Crippen molar-refractivity contribution in [3.8, 4) is 16.8 Å². The van der Waals surface area contributed by atoms with Crippen LogP contribution in [0, 0.1) is 0 Å². The Balaban J connectivity index is 0.985. The Labute approximate surface area is 327 Å². The minimum Gasteiger partial charge on any atom is -0.456 e. The van der Waals surface area contributed by atoms with Crippen LogP contribution in [0.15, 0.2) is 196 Å². The van der Waals surface area contributed by atoms with E-state index in [1.54, 1.807) is 0 Å². The Morgan fingerprint density at radius 1 is 0.491 bits per heavy atom. The van der Waals surface area contributed by atoms with Crippen LogP contribution in [0.2, 0.25) is 0 Å². The predicted octanol–water partition coefficient (Wildman–Crippen LogP) is 12.6. The minimum atomic E-state index is -0.233. The van der Waals surface area contributed by atoms with Gasteiger partial charge in [-0.1, -0.05) is 133 Å². The molecule has 1 aliphatic rings. The number of fused-ring (bicyclic) bond motifs is 9. The number of aromatic nitrogens is 1. The summed E-state index contributed by atoms with van der Waals surface area (Å²) in [6.07, 6.45) is -0.461. The molecular weight excluding hydrogens is 701 g/mol. The predicted molar refractivity (Wildman–Crippen MR) is 232 cm³/mol. The summed E-state index contributed by atoms with van der Waals surface area (Å²) in [5.41, 5.74) is 12.2. The normalized spacial score (nSPS) is 15.9. The molecule has 1 aliphatic heterocycles. The fourth-order valence-electron chi connectivity index (χ4n) is 8.88. The average molecular weight is 735 g/mol. The Morgan fingerprint density at radius 3 is 1.95 bits per heavy atom. The van der Waals surface area contributed by atoms with Crippen LogP contribution in [0.5, 0.6) is 0 Å². The summed E-state index contributed by atoms with van der Waals surface area (Å²) >= 11 is 0. The lowest BCUT2D eigenvalue weighted by atomic mass is 9.98. The molecule has 57 heavy (non-hydrogen) atoms. The SMILES string of the molecule is c1ccc(C2=NC(c3ccccc3)NC(c3cccc4oc5c(-c6ccc7oc8ccc(-n9c%10ccccc%10c%10ccccc%109)cc8c7c6)cccc5c34)N2)cc1. The van der Waals surface area contributed by atoms with Crippen molar-refractivity contribution in [3.05, 3.63) is 199 Å². The second-order valence-corrected chi connectivity index (χ2v) is 14.8. The van der Waals surface area contributed by atoms with Crippen molar-refractivity contribution in [2.75, 3.05) is 0 Å². The van der Waals surface area contributed by atoms with Gasteiger partial charge in [0.1, 0.15) is 40.5 Å². The number of furan rings is 2. The van der Waals surface area contributed by atoms with E-state index in [0.29, 0.717) is 0 Å². The van der Waals surface area contributed by atoms with Crippen molar-refractivity contribution in [2.24, 2.45) is 4.99 Å². The van der Waals surface area contributed by atoms with Crippen LogP contribution >= 0.6 is 0 Å². The first-order chi connectivity index (χ1) is 28.2. The molecule has 2 N–H and O–H groups in total. The second kappa shape index (κ2) is 12.6. The standard InChI is InChI=1S/C51H34N4O2/c1-3-13-31(14-4-1)49-52-50(32-15-5-2-6-16-32)54-51(53-49)39-21-12-24-46-47(39)38-20-11-19-35(48(38)57-46)33-25-27-44-40(29-33)41-30-34(26-28-45(41)56-44)55-42-22-9-7-17-36(42)37-18-8-10-23-43(37)55/h1-30,49,51,53H,(H,52,54). The molecule has 3 aromatic heterocycles. The summed E-state index contributed by atoms with van der Waals surface area (Å²) < 4.78 is 15.6. The van der Waals surface area contributed by atoms with Gasteiger partial charge in [-0.3, -0.25) is 5.32 Å². The molecule has 0 radical (unpaired) electrons. The van der Waals surface area contributed by atoms with Crippen molar-refractivity contribution in [1.82, 2.24) is 15.2 Å². The first kappa shape index (κ1) is 31.9. The van der Waals surface area contributed by atoms with E-state index >= 15 is 0 Å². The first-order valence-electron chi connectivity index (χ1n) is 19.4. The van der Waals surface area contributed by atoms with E-state index < -0.39 is 0 Å². The van der Waals surface area contributed by atoms with E-state index in [1.165, 1.54) is 21.8 Å². The highest BCUT2D eigenvalue weighted by Crippen LogP contribution is 2.42. The van der Waals surface area contributed by atoms with E-state index in [-0.39, 0.29) is 12.3 Å². The summed E-state index contributed by atoms with van der Waals surface area (Å²) in [6, 6.07) is 63.7. The topological polar surface area (TPSA) is 67.6 Å². The van der Waals surface area contributed by atoms with Crippen molar-refractivity contribution >= 4 is 71.5 Å². The van der Waals surface area contributed by atoms with Crippen molar-refractivity contribution < 1.29 is 8.83 Å². The van der Waals surface area contributed by atoms with E-state index in [4.69, 9.17) is 13.8 Å². The molecule has 2 atom stereocenters. The van der Waals surface area contributed by atoms with Crippen molar-refractivity contribution in [3.63, 3.8) is 0 Å². The Bertz CT molecular complexity index is 3320. The van der Waals surface area contributed by atoms with Gasteiger partial charge in [0.05, 0.1) is 11.0 Å². The lowest BCUT2D eigenvalue weighted by Crippen LogP contribution is -2.45. The fourth-order valence-corrected chi connectivity index (χ4v) is 8.88. The second-order valence-electron chi connectivity index (χ2n) is 14.8. The number of rotatable bonds is 5. The van der Waals surface area contributed by atoms with E-state index in [0.717, 1.165) is 83.2 Å². The van der Waals surface area contributed by atoms with Crippen LogP contribution in [-0.4, -0.2) is 10.4 Å². The lowest BCUT2D eigenvalue weighted by Gasteiger charge is -2.32. The summed E-state index contributed by atoms with van der Waals surface area (Å²) in [4.78, 5) is 5.13. The Kier molecular flexibility index (Phi) is 7.03. The number of nitrogens with zero attached hydrogens (tertiary/aromatic N) is 2. The van der Waals surface area contributed by atoms with Crippen LogP contribution in [0.1, 0.15) is 29.0 Å². The first-order valence-corrected chi connectivity index (χ1v) is 19.4. The molecule has 6 heteroatoms. The monoisotopic (exact) mass is 734 g/mol. The van der Waals surface area contributed by atoms with Crippen LogP contribution in [-0.2, 0) is 0 Å². The Morgan fingerprint density at radius 2 is 1.16 bits per heavy atom. The molecule has 8 aromatic carbocycles. The van der Waals surface area contributed by atoms with Gasteiger partial charge in [-0.25, -0.2) is 4.99 Å². The maximum atomic E-state index is 6.81. The number of amidine groups is 1. The van der Waals surface area contributed by atoms with E-state index in [1.807, 2.05) is 24.3 Å². The maximum absolute atomic E-state index is 6.81. The fraction of sp³-hybridized carbons (Fsp3) is 0.0392. The molecule has 11 aromatic rings. The zero-order valence-electron chi connectivity index (χ0n) is 30.7. The van der Waals surface area contributed by atoms with Gasteiger partial charge in [-0.15, -0.1) is 0 Å². The highest BCUT2D eigenvalue weighted by Gasteiger charge is 2.28. The largest absolute Gasteiger partial charge is 0.456 e. The van der Waals surface area contributed by atoms with Gasteiger partial charge in [0.15, 0.2) is 0 Å². The minimum absolute atomic E-state index is 0.228. The van der Waals surface area contributed by atoms with Crippen LogP contribution < -0.4 is 10.6 Å². The number of hydrogen-bond donors (Lipinski definition) is 2. The highest BCUT2D eigenvalue weighted by atomic mass is 16.3. The Hall–Kier alpha value is -7.41. The number of hydrogen-bond acceptors (Lipinski definition) is 5. The quantitative estimate of drug-likeness (QED) is 0.185. The molecule has 0 bridgehead atoms. The molecule has 0 amide bonds. The molecule has 0 spiro atoms. The molecular formula is C51H34N4O2. The van der Waals surface area contributed by atoms with Gasteiger partial charge in [0, 0.05) is 54.7 Å². The molecule has 0 saturated carbocycles. The van der Waals surface area contributed by atoms with Gasteiger partial charge in [-0.05, 0) is 59.7 Å². The van der Waals surface area contributed by atoms with Gasteiger partial charge in [0.25, 0.3) is 0 Å². The van der Waals surface area contributed by atoms with Gasteiger partial charge in [-0.2, -0.15) is 0 Å². The summed E-state index contributed by atoms with van der Waals surface area (Å²) in [7, 11) is 0. The van der Waals surface area contributed by atoms with E-state index in [9.17, 15) is 0 Å². The number of benzene rings is 8. The maximum Gasteiger partial charge on any atom is 0.143 e. The summed E-state index contributed by atoms with van der Waals surface area (Å²) in [6.45, 7) is 0. The molecule has 0 saturated heterocycles. The average Bonchev–Trinajstić information content (AvgIpc) is 3.96. The van der Waals surface area contributed by atoms with Crippen molar-refractivity contribution in [2.45, 2.75) is 12.3 Å². The third kappa shape index (κ3) is 5.04. The van der Waals surface area contributed by atoms with E-state index in [2.05, 4.69) is 173 Å². The molecule has 0 aliphatic carbocycles. The van der Waals surface area contributed by atoms with Crippen LogP contribution in [0.25, 0.3) is 82.5 Å². The zero-order valence-corrected chi connectivity index (χ0v) is 30.7. The van der Waals surface area contributed by atoms with Crippen molar-refractivity contribution in [1.29, 1.82) is 0 Å². The number of nitrogens with one attached hydrogen (secondary N) is 2. The highest BCUT2D eigenvalue weighted by molar-refractivity contribution is 6.14. The molecule has 0 fully saturated rings. The van der Waals surface area contributed by atoms with Gasteiger partial charge in [0.2, 0.25) is 0 Å². The summed E-state index contributed by atoms with van der Waals surface area (Å²) in [5.74, 6) is 0.848. The van der Waals surface area contributed by atoms with Gasteiger partial charge >= 0.3 is 0 Å². The third-order valence-corrected chi connectivity index (χ3v) is 11.5. The number of para-hydroxylation sites is 3. The number of aliphatic imine (C=N–C) groups is 1. The lowest BCUT2D eigenvalue weighted by molar-refractivity contribution is 0.411. The molecule has 270 valence electrons. The molecule has 12 rings (SSSR count). The molecule has 2 unspecified atom stereocenters. The molecule has 4 heterocycles. The van der Waals surface area contributed by atoms with Crippen LogP contribution in [0.4, 0.5) is 0 Å². The summed E-state index contributed by atoms with van der Waals surface area (Å²) in [5, 5.41) is 14.3. The third-order valence-electron chi connectivity index (χ3n) is 11.5. The molecule has 6 nitrogen and oxygen atoms in total. The van der Waals surface area contributed by atoms with Crippen LogP contribution in [0.3, 0.4) is 0 Å². The zero-order chi connectivity index (χ0) is 37.5.